The van der Waals surface area contributed by atoms with Crippen molar-refractivity contribution in [2.24, 2.45) is 10.7 Å². The largest absolute Gasteiger partial charge is 0.379 e. The molecule has 25 heavy (non-hydrogen) atoms. The number of nitrogens with zero attached hydrogens (tertiary/aromatic N) is 1. The molecule has 1 unspecified atom stereocenters. The minimum absolute atomic E-state index is 0.149. The quantitative estimate of drug-likeness (QED) is 0.637. The van der Waals surface area contributed by atoms with Gasteiger partial charge in [-0.1, -0.05) is 43.6 Å². The minimum atomic E-state index is -0.379. The van der Waals surface area contributed by atoms with E-state index in [-0.39, 0.29) is 11.4 Å². The zero-order valence-electron chi connectivity index (χ0n) is 13.6. The highest BCUT2D eigenvalue weighted by molar-refractivity contribution is 9.10. The van der Waals surface area contributed by atoms with Gasteiger partial charge in [0.2, 0.25) is 0 Å². The van der Waals surface area contributed by atoms with Crippen LogP contribution in [0.4, 0.5) is 5.69 Å². The van der Waals surface area contributed by atoms with Crippen molar-refractivity contribution in [1.29, 1.82) is 0 Å². The molecule has 130 valence electrons. The highest BCUT2D eigenvalue weighted by Gasteiger charge is 2.30. The van der Waals surface area contributed by atoms with Gasteiger partial charge in [0, 0.05) is 25.9 Å². The number of hydrogen-bond acceptors (Lipinski definition) is 4. The fourth-order valence-corrected chi connectivity index (χ4v) is 4.40. The smallest absolute Gasteiger partial charge is 0.255 e. The summed E-state index contributed by atoms with van der Waals surface area (Å²) in [6.07, 6.45) is 0.898. The summed E-state index contributed by atoms with van der Waals surface area (Å²) in [6, 6.07) is 13.1. The minimum Gasteiger partial charge on any atom is -0.379 e. The molecule has 0 aliphatic carbocycles. The number of amides is 1. The lowest BCUT2D eigenvalue weighted by Gasteiger charge is -2.30. The maximum absolute atomic E-state index is 12.5. The molecule has 2 aromatic rings. The van der Waals surface area contributed by atoms with Crippen LogP contribution in [-0.2, 0) is 5.54 Å². The molecule has 2 aromatic carbocycles. The van der Waals surface area contributed by atoms with Crippen molar-refractivity contribution in [3.63, 3.8) is 0 Å². The van der Waals surface area contributed by atoms with Crippen molar-refractivity contribution in [2.45, 2.75) is 18.9 Å². The molecule has 0 saturated carbocycles. The van der Waals surface area contributed by atoms with Gasteiger partial charge in [-0.15, -0.1) is 0 Å². The van der Waals surface area contributed by atoms with Crippen molar-refractivity contribution in [1.82, 2.24) is 0 Å². The Morgan fingerprint density at radius 1 is 1.20 bits per heavy atom. The van der Waals surface area contributed by atoms with E-state index < -0.39 is 0 Å². The Labute approximate surface area is 167 Å². The van der Waals surface area contributed by atoms with Gasteiger partial charge < -0.3 is 11.1 Å². The molecule has 1 amide bonds. The summed E-state index contributed by atoms with van der Waals surface area (Å²) in [7, 11) is 0. The molecular weight excluding hydrogens is 466 g/mol. The molecule has 0 saturated heterocycles. The predicted octanol–water partition coefficient (Wildman–Crippen LogP) is 5.13. The Hall–Kier alpha value is -1.31. The maximum atomic E-state index is 12.5. The molecule has 1 heterocycles. The number of carbonyl (C=O) groups excluding carboxylic acids is 1. The number of benzene rings is 2. The normalized spacial score (nSPS) is 20.0. The zero-order chi connectivity index (χ0) is 18.0. The first kappa shape index (κ1) is 18.5. The Balaban J connectivity index is 1.88. The Morgan fingerprint density at radius 3 is 2.60 bits per heavy atom. The number of nitrogens with one attached hydrogen (secondary N) is 1. The standard InChI is InChI=1S/C18H17Br2N3OS/c1-18(6-7-25-17(21)23-18)12-8-14(20)10-15(9-12)22-16(24)11-2-4-13(19)5-3-11/h2-5,8-10H,6-7H2,1H3,(H2,21,23)(H,22,24). The van der Waals surface area contributed by atoms with E-state index in [2.05, 4.69) is 49.1 Å². The van der Waals surface area contributed by atoms with Gasteiger partial charge in [-0.2, -0.15) is 0 Å². The van der Waals surface area contributed by atoms with E-state index in [1.54, 1.807) is 23.9 Å². The third-order valence-corrected chi connectivity index (χ3v) is 5.86. The molecular formula is C18H17Br2N3OS. The maximum Gasteiger partial charge on any atom is 0.255 e. The van der Waals surface area contributed by atoms with E-state index >= 15 is 0 Å². The van der Waals surface area contributed by atoms with Crippen LogP contribution in [0.1, 0.15) is 29.3 Å². The molecule has 1 aliphatic rings. The summed E-state index contributed by atoms with van der Waals surface area (Å²) in [4.78, 5) is 17.1. The van der Waals surface area contributed by atoms with Crippen molar-refractivity contribution in [3.05, 3.63) is 62.5 Å². The summed E-state index contributed by atoms with van der Waals surface area (Å²) < 4.78 is 1.83. The molecule has 0 radical (unpaired) electrons. The Morgan fingerprint density at radius 2 is 1.92 bits per heavy atom. The summed E-state index contributed by atoms with van der Waals surface area (Å²) in [5, 5.41) is 3.56. The Bertz CT molecular complexity index is 839. The monoisotopic (exact) mass is 481 g/mol. The highest BCUT2D eigenvalue weighted by atomic mass is 79.9. The number of rotatable bonds is 3. The van der Waals surface area contributed by atoms with E-state index in [1.165, 1.54) is 0 Å². The number of carbonyl (C=O) groups is 1. The fraction of sp³-hybridized carbons (Fsp3) is 0.222. The third-order valence-electron chi connectivity index (χ3n) is 4.08. The van der Waals surface area contributed by atoms with Crippen molar-refractivity contribution >= 4 is 60.4 Å². The van der Waals surface area contributed by atoms with E-state index in [0.717, 1.165) is 32.4 Å². The van der Waals surface area contributed by atoms with Crippen molar-refractivity contribution in [2.75, 3.05) is 11.1 Å². The molecule has 0 bridgehead atoms. The van der Waals surface area contributed by atoms with Crippen LogP contribution in [-0.4, -0.2) is 16.8 Å². The molecule has 0 fully saturated rings. The number of nitrogens with two attached hydrogens (primary N) is 1. The number of halogens is 2. The van der Waals surface area contributed by atoms with E-state index in [0.29, 0.717) is 10.7 Å². The van der Waals surface area contributed by atoms with Crippen LogP contribution >= 0.6 is 43.6 Å². The summed E-state index contributed by atoms with van der Waals surface area (Å²) in [5.74, 6) is 0.780. The number of aliphatic imine (C=N–C) groups is 1. The van der Waals surface area contributed by atoms with E-state index in [4.69, 9.17) is 5.73 Å². The van der Waals surface area contributed by atoms with Gasteiger partial charge in [-0.25, -0.2) is 0 Å². The summed E-state index contributed by atoms with van der Waals surface area (Å²) in [5.41, 5.74) is 7.90. The van der Waals surface area contributed by atoms with Gasteiger partial charge in [0.25, 0.3) is 5.91 Å². The molecule has 7 heteroatoms. The van der Waals surface area contributed by atoms with Crippen LogP contribution in [0.3, 0.4) is 0 Å². The SMILES string of the molecule is CC1(c2cc(Br)cc(NC(=O)c3ccc(Br)cc3)c2)CCSC(N)=N1. The average molecular weight is 483 g/mol. The second kappa shape index (κ2) is 7.51. The zero-order valence-corrected chi connectivity index (χ0v) is 17.5. The van der Waals surface area contributed by atoms with Crippen LogP contribution in [0.5, 0.6) is 0 Å². The first-order chi connectivity index (χ1) is 11.9. The van der Waals surface area contributed by atoms with Crippen LogP contribution in [0, 0.1) is 0 Å². The van der Waals surface area contributed by atoms with Crippen LogP contribution in [0.25, 0.3) is 0 Å². The van der Waals surface area contributed by atoms with Crippen LogP contribution < -0.4 is 11.1 Å². The van der Waals surface area contributed by atoms with Crippen LogP contribution in [0.2, 0.25) is 0 Å². The van der Waals surface area contributed by atoms with Crippen molar-refractivity contribution < 1.29 is 4.79 Å². The van der Waals surface area contributed by atoms with Gasteiger partial charge >= 0.3 is 0 Å². The molecule has 0 aromatic heterocycles. The fourth-order valence-electron chi connectivity index (χ4n) is 2.67. The second-order valence-electron chi connectivity index (χ2n) is 6.01. The average Bonchev–Trinajstić information content (AvgIpc) is 2.54. The number of thioether (sulfide) groups is 1. The van der Waals surface area contributed by atoms with Crippen LogP contribution in [0.15, 0.2) is 56.4 Å². The number of hydrogen-bond donors (Lipinski definition) is 2. The molecule has 1 aliphatic heterocycles. The molecule has 0 spiro atoms. The van der Waals surface area contributed by atoms with Gasteiger partial charge in [0.1, 0.15) is 0 Å². The van der Waals surface area contributed by atoms with Gasteiger partial charge in [-0.3, -0.25) is 9.79 Å². The highest BCUT2D eigenvalue weighted by Crippen LogP contribution is 2.37. The summed E-state index contributed by atoms with van der Waals surface area (Å²) in [6.45, 7) is 2.07. The topological polar surface area (TPSA) is 67.5 Å². The molecule has 1 atom stereocenters. The molecule has 3 N–H and O–H groups in total. The lowest BCUT2D eigenvalue weighted by Crippen LogP contribution is -2.29. The Kier molecular flexibility index (Phi) is 5.55. The summed E-state index contributed by atoms with van der Waals surface area (Å²) >= 11 is 8.48. The van der Waals surface area contributed by atoms with E-state index in [1.807, 2.05) is 30.3 Å². The number of anilines is 1. The predicted molar refractivity (Wildman–Crippen MR) is 112 cm³/mol. The lowest BCUT2D eigenvalue weighted by molar-refractivity contribution is 0.102. The second-order valence-corrected chi connectivity index (χ2v) is 8.96. The van der Waals surface area contributed by atoms with Gasteiger partial charge in [0.05, 0.1) is 5.54 Å². The third kappa shape index (κ3) is 4.46. The first-order valence-corrected chi connectivity index (χ1v) is 10.3. The van der Waals surface area contributed by atoms with Crippen molar-refractivity contribution in [3.8, 4) is 0 Å². The van der Waals surface area contributed by atoms with E-state index in [9.17, 15) is 4.79 Å². The number of amidine groups is 1. The van der Waals surface area contributed by atoms with Gasteiger partial charge in [-0.05, 0) is 61.4 Å². The molecule has 4 nitrogen and oxygen atoms in total. The first-order valence-electron chi connectivity index (χ1n) is 7.72. The van der Waals surface area contributed by atoms with Gasteiger partial charge in [0.15, 0.2) is 5.17 Å². The lowest BCUT2D eigenvalue weighted by atomic mass is 9.89. The molecule has 3 rings (SSSR count).